The lowest BCUT2D eigenvalue weighted by atomic mass is 9.93. The number of amides is 2. The molecule has 0 aliphatic carbocycles. The number of hydrogen-bond donors (Lipinski definition) is 1. The predicted molar refractivity (Wildman–Crippen MR) is 137 cm³/mol. The molecule has 1 atom stereocenters. The summed E-state index contributed by atoms with van der Waals surface area (Å²) in [5.41, 5.74) is 4.50. The Morgan fingerprint density at radius 2 is 1.97 bits per heavy atom. The third-order valence-corrected chi connectivity index (χ3v) is 6.27. The third kappa shape index (κ3) is 5.74. The van der Waals surface area contributed by atoms with Crippen molar-refractivity contribution in [1.82, 2.24) is 20.4 Å². The topological polar surface area (TPSA) is 80.5 Å². The number of halogens is 1. The molecule has 1 aliphatic rings. The average molecular weight is 495 g/mol. The summed E-state index contributed by atoms with van der Waals surface area (Å²) in [5, 5.41) is 7.94. The maximum absolute atomic E-state index is 13.1. The molecule has 0 saturated heterocycles. The summed E-state index contributed by atoms with van der Waals surface area (Å²) in [6.07, 6.45) is 1.80. The molecule has 35 heavy (non-hydrogen) atoms. The highest BCUT2D eigenvalue weighted by Crippen LogP contribution is 2.37. The maximum atomic E-state index is 13.1. The van der Waals surface area contributed by atoms with Crippen molar-refractivity contribution in [2.24, 2.45) is 0 Å². The van der Waals surface area contributed by atoms with Crippen molar-refractivity contribution in [3.05, 3.63) is 76.3 Å². The molecule has 1 aromatic heterocycles. The van der Waals surface area contributed by atoms with Gasteiger partial charge in [0.15, 0.2) is 0 Å². The molecule has 0 spiro atoms. The number of carbonyl (C=O) groups excluding carboxylic acids is 1. The summed E-state index contributed by atoms with van der Waals surface area (Å²) >= 11 is 6.16. The van der Waals surface area contributed by atoms with Crippen molar-refractivity contribution >= 4 is 23.2 Å². The van der Waals surface area contributed by atoms with Gasteiger partial charge >= 0.3 is 6.03 Å². The fourth-order valence-electron chi connectivity index (χ4n) is 4.14. The van der Waals surface area contributed by atoms with Gasteiger partial charge in [0.05, 0.1) is 17.7 Å². The van der Waals surface area contributed by atoms with Crippen molar-refractivity contribution in [2.75, 3.05) is 13.2 Å². The van der Waals surface area contributed by atoms with E-state index in [2.05, 4.69) is 34.5 Å². The van der Waals surface area contributed by atoms with Crippen molar-refractivity contribution < 1.29 is 14.1 Å². The second kappa shape index (κ2) is 11.1. The van der Waals surface area contributed by atoms with E-state index in [1.807, 2.05) is 45.0 Å². The van der Waals surface area contributed by atoms with Crippen LogP contribution >= 0.6 is 11.6 Å². The van der Waals surface area contributed by atoms with Crippen molar-refractivity contribution in [2.45, 2.75) is 52.7 Å². The fraction of sp³-hybridized carbons (Fsp3) is 0.370. The molecule has 2 heterocycles. The minimum absolute atomic E-state index is 0.149. The number of ether oxygens (including phenoxy) is 1. The average Bonchev–Trinajstić information content (AvgIpc) is 3.33. The van der Waals surface area contributed by atoms with Crippen molar-refractivity contribution in [3.63, 3.8) is 0 Å². The Morgan fingerprint density at radius 3 is 2.66 bits per heavy atom. The molecule has 1 N–H and O–H groups in total. The molecule has 2 aromatic carbocycles. The van der Waals surface area contributed by atoms with E-state index >= 15 is 0 Å². The van der Waals surface area contributed by atoms with E-state index in [0.29, 0.717) is 36.3 Å². The number of urea groups is 1. The van der Waals surface area contributed by atoms with Crippen LogP contribution in [0.1, 0.15) is 57.2 Å². The summed E-state index contributed by atoms with van der Waals surface area (Å²) in [4.78, 5) is 19.5. The zero-order valence-corrected chi connectivity index (χ0v) is 21.3. The van der Waals surface area contributed by atoms with Crippen LogP contribution in [0.25, 0.3) is 17.0 Å². The highest BCUT2D eigenvalue weighted by molar-refractivity contribution is 6.30. The standard InChI is InChI=1S/C27H31ClN4O3/c1-5-19-10-12-20(13-11-19)24-23(18(4)32(27(33)29-24)14-7-15-34-17(2)3)26-30-25(31-35-26)21-8-6-9-22(28)16-21/h6,8-13,16-17,24H,5,7,14-15H2,1-4H3,(H,29,33). The van der Waals surface area contributed by atoms with Gasteiger partial charge in [-0.05, 0) is 56.9 Å². The van der Waals surface area contributed by atoms with Gasteiger partial charge in [-0.15, -0.1) is 0 Å². The molecule has 0 fully saturated rings. The lowest BCUT2D eigenvalue weighted by Gasteiger charge is -2.35. The molecule has 4 rings (SSSR count). The summed E-state index contributed by atoms with van der Waals surface area (Å²) in [6.45, 7) is 9.13. The molecule has 184 valence electrons. The molecule has 0 bridgehead atoms. The number of aromatic nitrogens is 2. The van der Waals surface area contributed by atoms with E-state index in [1.165, 1.54) is 5.56 Å². The number of rotatable bonds is 9. The number of carbonyl (C=O) groups is 1. The molecule has 2 amide bonds. The fourth-order valence-corrected chi connectivity index (χ4v) is 4.33. The van der Waals surface area contributed by atoms with E-state index in [1.54, 1.807) is 17.0 Å². The molecular weight excluding hydrogens is 464 g/mol. The smallest absolute Gasteiger partial charge is 0.322 e. The summed E-state index contributed by atoms with van der Waals surface area (Å²) < 4.78 is 11.4. The Hall–Kier alpha value is -3.16. The van der Waals surface area contributed by atoms with Crippen molar-refractivity contribution in [3.8, 4) is 11.4 Å². The minimum atomic E-state index is -0.413. The Morgan fingerprint density at radius 1 is 1.20 bits per heavy atom. The summed E-state index contributed by atoms with van der Waals surface area (Å²) in [7, 11) is 0. The molecule has 3 aromatic rings. The first-order valence-corrected chi connectivity index (χ1v) is 12.3. The van der Waals surface area contributed by atoms with Crippen LogP contribution in [0, 0.1) is 0 Å². The molecular formula is C27H31ClN4O3. The van der Waals surface area contributed by atoms with Crippen LogP contribution in [0.2, 0.25) is 5.02 Å². The van der Waals surface area contributed by atoms with Crippen LogP contribution in [0.5, 0.6) is 0 Å². The van der Waals surface area contributed by atoms with E-state index in [9.17, 15) is 4.79 Å². The highest BCUT2D eigenvalue weighted by Gasteiger charge is 2.35. The number of benzene rings is 2. The van der Waals surface area contributed by atoms with Gasteiger partial charge in [-0.25, -0.2) is 4.79 Å². The highest BCUT2D eigenvalue weighted by atomic mass is 35.5. The SMILES string of the molecule is CCc1ccc(C2NC(=O)N(CCCOC(C)C)C(C)=C2c2nc(-c3cccc(Cl)c3)no2)cc1. The zero-order chi connectivity index (χ0) is 24.9. The van der Waals surface area contributed by atoms with Crippen LogP contribution in [0.15, 0.2) is 58.8 Å². The lowest BCUT2D eigenvalue weighted by Crippen LogP contribution is -2.46. The van der Waals surface area contributed by atoms with Gasteiger partial charge in [0.25, 0.3) is 5.89 Å². The molecule has 1 unspecified atom stereocenters. The third-order valence-electron chi connectivity index (χ3n) is 6.03. The van der Waals surface area contributed by atoms with E-state index in [4.69, 9.17) is 20.9 Å². The number of aryl methyl sites for hydroxylation is 1. The quantitative estimate of drug-likeness (QED) is 0.355. The predicted octanol–water partition coefficient (Wildman–Crippen LogP) is 6.27. The normalized spacial score (nSPS) is 16.2. The second-order valence-electron chi connectivity index (χ2n) is 8.83. The van der Waals surface area contributed by atoms with Crippen LogP contribution in [-0.4, -0.2) is 40.3 Å². The van der Waals surface area contributed by atoms with Gasteiger partial charge in [0.2, 0.25) is 5.82 Å². The first-order chi connectivity index (χ1) is 16.9. The number of allylic oxidation sites excluding steroid dienone is 1. The number of nitrogens with one attached hydrogen (secondary N) is 1. The first kappa shape index (κ1) is 24.9. The first-order valence-electron chi connectivity index (χ1n) is 12.0. The second-order valence-corrected chi connectivity index (χ2v) is 9.27. The molecule has 8 heteroatoms. The van der Waals surface area contributed by atoms with E-state index in [-0.39, 0.29) is 12.1 Å². The Kier molecular flexibility index (Phi) is 7.88. The van der Waals surface area contributed by atoms with Gasteiger partial charge in [-0.3, -0.25) is 4.90 Å². The van der Waals surface area contributed by atoms with Gasteiger partial charge in [-0.1, -0.05) is 60.1 Å². The maximum Gasteiger partial charge on any atom is 0.322 e. The van der Waals surface area contributed by atoms with Gasteiger partial charge in [0.1, 0.15) is 0 Å². The molecule has 0 saturated carbocycles. The Labute approximate surface area is 211 Å². The minimum Gasteiger partial charge on any atom is -0.379 e. The van der Waals surface area contributed by atoms with Gasteiger partial charge in [0, 0.05) is 29.4 Å². The number of nitrogens with zero attached hydrogens (tertiary/aromatic N) is 3. The lowest BCUT2D eigenvalue weighted by molar-refractivity contribution is 0.0736. The van der Waals surface area contributed by atoms with Crippen LogP contribution < -0.4 is 5.32 Å². The van der Waals surface area contributed by atoms with Gasteiger partial charge in [-0.2, -0.15) is 4.98 Å². The van der Waals surface area contributed by atoms with Crippen LogP contribution in [0.3, 0.4) is 0 Å². The Bertz CT molecular complexity index is 1200. The van der Waals surface area contributed by atoms with Crippen LogP contribution in [0.4, 0.5) is 4.79 Å². The summed E-state index contributed by atoms with van der Waals surface area (Å²) in [5.74, 6) is 0.808. The largest absolute Gasteiger partial charge is 0.379 e. The van der Waals surface area contributed by atoms with E-state index in [0.717, 1.165) is 28.8 Å². The van der Waals surface area contributed by atoms with E-state index < -0.39 is 6.04 Å². The van der Waals surface area contributed by atoms with Gasteiger partial charge < -0.3 is 14.6 Å². The zero-order valence-electron chi connectivity index (χ0n) is 20.5. The molecule has 7 nitrogen and oxygen atoms in total. The molecule has 0 radical (unpaired) electrons. The molecule has 1 aliphatic heterocycles. The Balaban J connectivity index is 1.71. The number of hydrogen-bond acceptors (Lipinski definition) is 5. The van der Waals surface area contributed by atoms with Crippen molar-refractivity contribution in [1.29, 1.82) is 0 Å². The monoisotopic (exact) mass is 494 g/mol. The summed E-state index contributed by atoms with van der Waals surface area (Å²) in [6, 6.07) is 15.0. The van der Waals surface area contributed by atoms with Crippen LogP contribution in [-0.2, 0) is 11.2 Å².